The predicted molar refractivity (Wildman–Crippen MR) is 76.1 cm³/mol. The number of nitrogens with two attached hydrogens (primary N) is 1. The van der Waals surface area contributed by atoms with Crippen LogP contribution in [0.3, 0.4) is 0 Å². The van der Waals surface area contributed by atoms with Crippen molar-refractivity contribution in [2.45, 2.75) is 32.6 Å². The van der Waals surface area contributed by atoms with E-state index in [4.69, 9.17) is 5.73 Å². The molecule has 0 aliphatic rings. The number of hydrogen-bond acceptors (Lipinski definition) is 5. The predicted octanol–water partition coefficient (Wildman–Crippen LogP) is 0.872. The highest BCUT2D eigenvalue weighted by atomic mass is 16.5. The highest BCUT2D eigenvalue weighted by Gasteiger charge is 2.26. The number of methoxy groups -OCH3 is 1. The van der Waals surface area contributed by atoms with Crippen LogP contribution in [0.25, 0.3) is 0 Å². The number of aromatic amines is 1. The number of primary amides is 1. The number of ether oxygens (including phenoxy) is 1. The largest absolute Gasteiger partial charge is 0.506 e. The first-order valence-corrected chi connectivity index (χ1v) is 6.59. The Kier molecular flexibility index (Phi) is 5.52. The van der Waals surface area contributed by atoms with Gasteiger partial charge < -0.3 is 20.6 Å². The molecule has 0 aliphatic heterocycles. The van der Waals surface area contributed by atoms with Crippen LogP contribution in [0.1, 0.15) is 48.5 Å². The van der Waals surface area contributed by atoms with Gasteiger partial charge in [-0.3, -0.25) is 9.59 Å². The van der Waals surface area contributed by atoms with Crippen molar-refractivity contribution in [3.05, 3.63) is 27.7 Å². The average molecular weight is 296 g/mol. The van der Waals surface area contributed by atoms with Gasteiger partial charge in [-0.05, 0) is 12.3 Å². The van der Waals surface area contributed by atoms with Crippen molar-refractivity contribution in [1.29, 1.82) is 0 Å². The second kappa shape index (κ2) is 6.92. The Balaban J connectivity index is 3.38. The number of esters is 1. The number of pyridine rings is 1. The first-order chi connectivity index (χ1) is 9.77. The van der Waals surface area contributed by atoms with Gasteiger partial charge in [0.05, 0.1) is 12.7 Å². The zero-order valence-electron chi connectivity index (χ0n) is 12.3. The second-order valence-electron chi connectivity index (χ2n) is 5.28. The van der Waals surface area contributed by atoms with Gasteiger partial charge in [-0.1, -0.05) is 13.8 Å². The van der Waals surface area contributed by atoms with E-state index < -0.39 is 29.1 Å². The molecule has 116 valence electrons. The third-order valence-electron chi connectivity index (χ3n) is 3.12. The molecule has 1 aromatic heterocycles. The number of H-pyrrole nitrogens is 1. The summed E-state index contributed by atoms with van der Waals surface area (Å²) in [5.74, 6) is -2.20. The standard InChI is InChI=1S/C14H20N2O5/c1-7(2)4-8(5-10(15)17)11-12(18)9(14(20)21-3)6-16-13(11)19/h6-8H,4-5H2,1-3H3,(H2,15,17)(H2,16,18,19). The molecule has 0 saturated carbocycles. The minimum atomic E-state index is -0.771. The summed E-state index contributed by atoms with van der Waals surface area (Å²) >= 11 is 0. The molecule has 7 nitrogen and oxygen atoms in total. The van der Waals surface area contributed by atoms with Gasteiger partial charge in [0.15, 0.2) is 0 Å². The average Bonchev–Trinajstić information content (AvgIpc) is 2.36. The van der Waals surface area contributed by atoms with E-state index in [1.165, 1.54) is 7.11 Å². The van der Waals surface area contributed by atoms with Crippen molar-refractivity contribution in [2.24, 2.45) is 11.7 Å². The lowest BCUT2D eigenvalue weighted by Gasteiger charge is -2.19. The fraction of sp³-hybridized carbons (Fsp3) is 0.500. The van der Waals surface area contributed by atoms with Crippen LogP contribution in [0.4, 0.5) is 0 Å². The maximum absolute atomic E-state index is 12.0. The quantitative estimate of drug-likeness (QED) is 0.672. The molecule has 0 fully saturated rings. The molecule has 1 aromatic rings. The number of rotatable bonds is 6. The normalized spacial score (nSPS) is 12.2. The molecule has 1 rings (SSSR count). The summed E-state index contributed by atoms with van der Waals surface area (Å²) < 4.78 is 4.54. The highest BCUT2D eigenvalue weighted by Crippen LogP contribution is 2.32. The van der Waals surface area contributed by atoms with Gasteiger partial charge in [-0.2, -0.15) is 0 Å². The Morgan fingerprint density at radius 3 is 2.52 bits per heavy atom. The number of nitrogens with one attached hydrogen (secondary N) is 1. The van der Waals surface area contributed by atoms with E-state index in [1.54, 1.807) is 0 Å². The van der Waals surface area contributed by atoms with Crippen LogP contribution in [-0.4, -0.2) is 29.1 Å². The number of hydrogen-bond donors (Lipinski definition) is 3. The summed E-state index contributed by atoms with van der Waals surface area (Å²) in [6.07, 6.45) is 1.48. The molecule has 0 aliphatic carbocycles. The first kappa shape index (κ1) is 16.7. The molecule has 4 N–H and O–H groups in total. The molecule has 1 heterocycles. The van der Waals surface area contributed by atoms with Crippen LogP contribution < -0.4 is 11.3 Å². The number of carbonyl (C=O) groups excluding carboxylic acids is 2. The Labute approximate surface area is 122 Å². The Morgan fingerprint density at radius 1 is 1.43 bits per heavy atom. The van der Waals surface area contributed by atoms with E-state index in [0.717, 1.165) is 6.20 Å². The van der Waals surface area contributed by atoms with Gasteiger partial charge >= 0.3 is 5.97 Å². The monoisotopic (exact) mass is 296 g/mol. The number of aromatic hydroxyl groups is 1. The third-order valence-corrected chi connectivity index (χ3v) is 3.12. The van der Waals surface area contributed by atoms with Crippen LogP contribution in [0, 0.1) is 5.92 Å². The molecular weight excluding hydrogens is 276 g/mol. The SMILES string of the molecule is COC(=O)c1c[nH]c(=O)c(C(CC(N)=O)CC(C)C)c1O. The zero-order chi connectivity index (χ0) is 16.2. The lowest BCUT2D eigenvalue weighted by Crippen LogP contribution is -2.24. The van der Waals surface area contributed by atoms with Gasteiger partial charge in [0, 0.05) is 18.5 Å². The number of amides is 1. The van der Waals surface area contributed by atoms with Crippen LogP contribution in [0.2, 0.25) is 0 Å². The Morgan fingerprint density at radius 2 is 2.05 bits per heavy atom. The molecule has 0 spiro atoms. The first-order valence-electron chi connectivity index (χ1n) is 6.59. The molecule has 1 unspecified atom stereocenters. The number of aromatic nitrogens is 1. The van der Waals surface area contributed by atoms with Gasteiger partial charge in [0.1, 0.15) is 11.3 Å². The van der Waals surface area contributed by atoms with Gasteiger partial charge in [0.25, 0.3) is 5.56 Å². The van der Waals surface area contributed by atoms with Crippen LogP contribution in [0.5, 0.6) is 5.75 Å². The van der Waals surface area contributed by atoms with Crippen molar-refractivity contribution < 1.29 is 19.4 Å². The zero-order valence-corrected chi connectivity index (χ0v) is 12.3. The minimum absolute atomic E-state index is 0.00889. The van der Waals surface area contributed by atoms with E-state index in [9.17, 15) is 19.5 Å². The molecule has 0 bridgehead atoms. The maximum Gasteiger partial charge on any atom is 0.343 e. The second-order valence-corrected chi connectivity index (χ2v) is 5.28. The summed E-state index contributed by atoms with van der Waals surface area (Å²) in [4.78, 5) is 37.1. The highest BCUT2D eigenvalue weighted by molar-refractivity contribution is 5.92. The van der Waals surface area contributed by atoms with Crippen molar-refractivity contribution in [3.63, 3.8) is 0 Å². The number of carbonyl (C=O) groups is 2. The van der Waals surface area contributed by atoms with E-state index in [1.807, 2.05) is 13.8 Å². The van der Waals surface area contributed by atoms with Crippen molar-refractivity contribution in [3.8, 4) is 5.75 Å². The van der Waals surface area contributed by atoms with E-state index in [0.29, 0.717) is 6.42 Å². The molecule has 0 aromatic carbocycles. The lowest BCUT2D eigenvalue weighted by molar-refractivity contribution is -0.118. The van der Waals surface area contributed by atoms with Crippen LogP contribution in [0.15, 0.2) is 11.0 Å². The smallest absolute Gasteiger partial charge is 0.343 e. The van der Waals surface area contributed by atoms with Crippen molar-refractivity contribution >= 4 is 11.9 Å². The molecular formula is C14H20N2O5. The van der Waals surface area contributed by atoms with Crippen molar-refractivity contribution in [2.75, 3.05) is 7.11 Å². The van der Waals surface area contributed by atoms with Crippen LogP contribution >= 0.6 is 0 Å². The topological polar surface area (TPSA) is 122 Å². The minimum Gasteiger partial charge on any atom is -0.506 e. The Hall–Kier alpha value is -2.31. The lowest BCUT2D eigenvalue weighted by atomic mass is 9.87. The molecule has 0 saturated heterocycles. The van der Waals surface area contributed by atoms with Crippen molar-refractivity contribution in [1.82, 2.24) is 4.98 Å². The van der Waals surface area contributed by atoms with E-state index >= 15 is 0 Å². The fourth-order valence-corrected chi connectivity index (χ4v) is 2.30. The van der Waals surface area contributed by atoms with Gasteiger partial charge in [-0.15, -0.1) is 0 Å². The van der Waals surface area contributed by atoms with E-state index in [2.05, 4.69) is 9.72 Å². The summed E-state index contributed by atoms with van der Waals surface area (Å²) in [6, 6.07) is 0. The third kappa shape index (κ3) is 4.08. The summed E-state index contributed by atoms with van der Waals surface area (Å²) in [7, 11) is 1.17. The summed E-state index contributed by atoms with van der Waals surface area (Å²) in [5, 5.41) is 10.2. The summed E-state index contributed by atoms with van der Waals surface area (Å²) in [5.41, 5.74) is 4.50. The van der Waals surface area contributed by atoms with Gasteiger partial charge in [-0.25, -0.2) is 4.79 Å². The fourth-order valence-electron chi connectivity index (χ4n) is 2.30. The molecule has 1 amide bonds. The van der Waals surface area contributed by atoms with Crippen LogP contribution in [-0.2, 0) is 9.53 Å². The van der Waals surface area contributed by atoms with E-state index in [-0.39, 0.29) is 23.5 Å². The Bertz CT molecular complexity index is 592. The molecule has 21 heavy (non-hydrogen) atoms. The molecule has 7 heteroatoms. The van der Waals surface area contributed by atoms with Gasteiger partial charge in [0.2, 0.25) is 5.91 Å². The summed E-state index contributed by atoms with van der Waals surface area (Å²) in [6.45, 7) is 3.84. The maximum atomic E-state index is 12.0. The molecule has 1 atom stereocenters. The molecule has 0 radical (unpaired) electrons.